The van der Waals surface area contributed by atoms with Gasteiger partial charge in [0.1, 0.15) is 0 Å². The van der Waals surface area contributed by atoms with Gasteiger partial charge in [-0.3, -0.25) is 9.69 Å². The Balaban J connectivity index is 1.61. The van der Waals surface area contributed by atoms with Crippen LogP contribution in [0.2, 0.25) is 0 Å². The lowest BCUT2D eigenvalue weighted by molar-refractivity contribution is 0.0986. The van der Waals surface area contributed by atoms with Crippen LogP contribution in [-0.2, 0) is 6.42 Å². The quantitative estimate of drug-likeness (QED) is 0.294. The molecular formula is C28H31N3O3S. The molecule has 0 radical (unpaired) electrons. The van der Waals surface area contributed by atoms with E-state index in [1.807, 2.05) is 68.7 Å². The second-order valence-corrected chi connectivity index (χ2v) is 9.65. The molecule has 0 N–H and O–H groups in total. The number of aromatic nitrogens is 1. The maximum atomic E-state index is 13.6. The zero-order valence-corrected chi connectivity index (χ0v) is 21.5. The molecule has 0 aliphatic heterocycles. The summed E-state index contributed by atoms with van der Waals surface area (Å²) >= 11 is 1.49. The van der Waals surface area contributed by atoms with Crippen molar-refractivity contribution in [2.45, 2.75) is 12.8 Å². The van der Waals surface area contributed by atoms with Gasteiger partial charge in [0.15, 0.2) is 16.6 Å². The van der Waals surface area contributed by atoms with Crippen LogP contribution < -0.4 is 14.4 Å². The highest BCUT2D eigenvalue weighted by Gasteiger charge is 2.22. The summed E-state index contributed by atoms with van der Waals surface area (Å²) in [5, 5.41) is 0.674. The summed E-state index contributed by atoms with van der Waals surface area (Å²) in [6, 6.07) is 22.0. The second-order valence-electron chi connectivity index (χ2n) is 8.64. The monoisotopic (exact) mass is 489 g/mol. The maximum Gasteiger partial charge on any atom is 0.260 e. The summed E-state index contributed by atoms with van der Waals surface area (Å²) in [5.74, 6) is 1.22. The number of thiazole rings is 1. The lowest BCUT2D eigenvalue weighted by Crippen LogP contribution is -2.33. The SMILES string of the molecule is COc1cc2nc(N(CCCN(C)C)C(=O)c3ccc(Cc4ccccc4)cc3)sc2cc1OC. The molecule has 7 heteroatoms. The zero-order valence-electron chi connectivity index (χ0n) is 20.7. The minimum Gasteiger partial charge on any atom is -0.493 e. The van der Waals surface area contributed by atoms with Crippen LogP contribution in [0.1, 0.15) is 27.9 Å². The van der Waals surface area contributed by atoms with Gasteiger partial charge in [0.25, 0.3) is 5.91 Å². The Hall–Kier alpha value is -3.42. The molecule has 0 saturated carbocycles. The summed E-state index contributed by atoms with van der Waals surface area (Å²) in [5.41, 5.74) is 3.86. The highest BCUT2D eigenvalue weighted by Crippen LogP contribution is 2.37. The number of anilines is 1. The number of carbonyl (C=O) groups is 1. The molecule has 1 amide bonds. The molecule has 0 bridgehead atoms. The molecule has 0 aliphatic rings. The Morgan fingerprint density at radius 3 is 2.20 bits per heavy atom. The van der Waals surface area contributed by atoms with E-state index in [4.69, 9.17) is 14.5 Å². The Kier molecular flexibility index (Phi) is 8.00. The Morgan fingerprint density at radius 1 is 0.886 bits per heavy atom. The van der Waals surface area contributed by atoms with Crippen molar-refractivity contribution in [1.82, 2.24) is 9.88 Å². The van der Waals surface area contributed by atoms with Gasteiger partial charge in [0.05, 0.1) is 24.4 Å². The van der Waals surface area contributed by atoms with Crippen molar-refractivity contribution in [3.63, 3.8) is 0 Å². The fourth-order valence-corrected chi connectivity index (χ4v) is 4.94. The number of benzene rings is 3. The zero-order chi connectivity index (χ0) is 24.8. The molecule has 0 saturated heterocycles. The van der Waals surface area contributed by atoms with Crippen LogP contribution in [0.15, 0.2) is 66.7 Å². The van der Waals surface area contributed by atoms with Crippen molar-refractivity contribution >= 4 is 32.6 Å². The first-order chi connectivity index (χ1) is 17.0. The number of carbonyl (C=O) groups excluding carboxylic acids is 1. The number of methoxy groups -OCH3 is 2. The molecule has 1 aromatic heterocycles. The predicted octanol–water partition coefficient (Wildman–Crippen LogP) is 5.50. The Labute approximate surface area is 210 Å². The number of hydrogen-bond donors (Lipinski definition) is 0. The van der Waals surface area contributed by atoms with E-state index in [-0.39, 0.29) is 5.91 Å². The molecule has 35 heavy (non-hydrogen) atoms. The summed E-state index contributed by atoms with van der Waals surface area (Å²) < 4.78 is 11.8. The first-order valence-electron chi connectivity index (χ1n) is 11.6. The van der Waals surface area contributed by atoms with Gasteiger partial charge in [0, 0.05) is 24.2 Å². The fourth-order valence-electron chi connectivity index (χ4n) is 3.94. The smallest absolute Gasteiger partial charge is 0.260 e. The van der Waals surface area contributed by atoms with Crippen LogP contribution >= 0.6 is 11.3 Å². The van der Waals surface area contributed by atoms with E-state index in [0.29, 0.717) is 28.7 Å². The molecular weight excluding hydrogens is 458 g/mol. The summed E-state index contributed by atoms with van der Waals surface area (Å²) in [6.07, 6.45) is 1.68. The molecule has 6 nitrogen and oxygen atoms in total. The second kappa shape index (κ2) is 11.3. The lowest BCUT2D eigenvalue weighted by atomic mass is 10.0. The number of rotatable bonds is 10. The number of hydrogen-bond acceptors (Lipinski definition) is 6. The first-order valence-corrected chi connectivity index (χ1v) is 12.4. The van der Waals surface area contributed by atoms with Gasteiger partial charge in [-0.15, -0.1) is 0 Å². The van der Waals surface area contributed by atoms with Crippen molar-refractivity contribution < 1.29 is 14.3 Å². The standard InChI is InChI=1S/C28H31N3O3S/c1-30(2)15-8-16-31(28-29-23-18-24(33-3)25(34-4)19-26(23)35-28)27(32)22-13-11-21(12-14-22)17-20-9-6-5-7-10-20/h5-7,9-14,18-19H,8,15-17H2,1-4H3. The Morgan fingerprint density at radius 2 is 1.54 bits per heavy atom. The van der Waals surface area contributed by atoms with Gasteiger partial charge in [0.2, 0.25) is 0 Å². The molecule has 4 rings (SSSR count). The van der Waals surface area contributed by atoms with Crippen molar-refractivity contribution in [1.29, 1.82) is 0 Å². The van der Waals surface area contributed by atoms with Gasteiger partial charge in [-0.1, -0.05) is 53.8 Å². The van der Waals surface area contributed by atoms with Crippen molar-refractivity contribution in [2.24, 2.45) is 0 Å². The summed E-state index contributed by atoms with van der Waals surface area (Å²) in [4.78, 5) is 22.3. The van der Waals surface area contributed by atoms with Gasteiger partial charge in [-0.05, 0) is 56.7 Å². The number of amides is 1. The average molecular weight is 490 g/mol. The minimum atomic E-state index is -0.0481. The van der Waals surface area contributed by atoms with Gasteiger partial charge in [-0.2, -0.15) is 0 Å². The first kappa shape index (κ1) is 24.7. The van der Waals surface area contributed by atoms with Crippen molar-refractivity contribution in [3.8, 4) is 11.5 Å². The molecule has 0 fully saturated rings. The molecule has 4 aromatic rings. The summed E-state index contributed by atoms with van der Waals surface area (Å²) in [6.45, 7) is 1.46. The van der Waals surface area contributed by atoms with E-state index in [0.717, 1.165) is 29.6 Å². The van der Waals surface area contributed by atoms with Gasteiger partial charge >= 0.3 is 0 Å². The predicted molar refractivity (Wildman–Crippen MR) is 143 cm³/mol. The molecule has 1 heterocycles. The van der Waals surface area contributed by atoms with Gasteiger partial charge < -0.3 is 14.4 Å². The van der Waals surface area contributed by atoms with E-state index in [2.05, 4.69) is 17.0 Å². The third-order valence-corrected chi connectivity index (χ3v) is 6.84. The molecule has 3 aromatic carbocycles. The molecule has 182 valence electrons. The average Bonchev–Trinajstić information content (AvgIpc) is 3.28. The topological polar surface area (TPSA) is 54.9 Å². The van der Waals surface area contributed by atoms with Crippen molar-refractivity contribution in [2.75, 3.05) is 46.3 Å². The fraction of sp³-hybridized carbons (Fsp3) is 0.286. The van der Waals surface area contributed by atoms with Crippen LogP contribution in [0.5, 0.6) is 11.5 Å². The molecule has 0 unspecified atom stereocenters. The van der Waals surface area contributed by atoms with Gasteiger partial charge in [-0.25, -0.2) is 4.98 Å². The highest BCUT2D eigenvalue weighted by atomic mass is 32.1. The normalized spacial score (nSPS) is 11.1. The van der Waals surface area contributed by atoms with E-state index in [1.165, 1.54) is 22.5 Å². The summed E-state index contributed by atoms with van der Waals surface area (Å²) in [7, 11) is 7.29. The van der Waals surface area contributed by atoms with Crippen molar-refractivity contribution in [3.05, 3.63) is 83.4 Å². The van der Waals surface area contributed by atoms with Crippen LogP contribution in [-0.4, -0.2) is 57.2 Å². The maximum absolute atomic E-state index is 13.6. The Bertz CT molecular complexity index is 1230. The van der Waals surface area contributed by atoms with Crippen LogP contribution in [0.4, 0.5) is 5.13 Å². The van der Waals surface area contributed by atoms with E-state index >= 15 is 0 Å². The lowest BCUT2D eigenvalue weighted by Gasteiger charge is -2.21. The van der Waals surface area contributed by atoms with E-state index < -0.39 is 0 Å². The molecule has 0 atom stereocenters. The van der Waals surface area contributed by atoms with Crippen LogP contribution in [0, 0.1) is 0 Å². The third-order valence-electron chi connectivity index (χ3n) is 5.80. The number of nitrogens with zero attached hydrogens (tertiary/aromatic N) is 3. The largest absolute Gasteiger partial charge is 0.493 e. The number of ether oxygens (including phenoxy) is 2. The third kappa shape index (κ3) is 5.99. The van der Waals surface area contributed by atoms with E-state index in [9.17, 15) is 4.79 Å². The molecule has 0 spiro atoms. The van der Waals surface area contributed by atoms with Crippen LogP contribution in [0.25, 0.3) is 10.2 Å². The minimum absolute atomic E-state index is 0.0481. The molecule has 0 aliphatic carbocycles. The van der Waals surface area contributed by atoms with Crippen LogP contribution in [0.3, 0.4) is 0 Å². The highest BCUT2D eigenvalue weighted by molar-refractivity contribution is 7.22. The van der Waals surface area contributed by atoms with E-state index in [1.54, 1.807) is 19.1 Å². The number of fused-ring (bicyclic) bond motifs is 1.